The summed E-state index contributed by atoms with van der Waals surface area (Å²) in [6.07, 6.45) is -5.43. The first-order valence-corrected chi connectivity index (χ1v) is 8.77. The lowest BCUT2D eigenvalue weighted by Crippen LogP contribution is -2.31. The summed E-state index contributed by atoms with van der Waals surface area (Å²) in [6, 6.07) is 3.68. The standard InChI is InChI=1S/C19H21F4N3O4/c1-18(2,29)11(10-5-6-15(12(20)7-10)30-19(21,22)23)8-14(27)13-9-16(28)25-17(24-13)26(3)4/h5-7,9,11,29H,8H2,1-4H3,(H,24,25,28)/t11-/m0/s1. The molecule has 0 saturated carbocycles. The van der Waals surface area contributed by atoms with E-state index < -0.39 is 40.8 Å². The number of aromatic nitrogens is 2. The first-order chi connectivity index (χ1) is 13.7. The quantitative estimate of drug-likeness (QED) is 0.517. The highest BCUT2D eigenvalue weighted by molar-refractivity contribution is 5.95. The van der Waals surface area contributed by atoms with Crippen LogP contribution in [0.3, 0.4) is 0 Å². The maximum Gasteiger partial charge on any atom is 0.573 e. The summed E-state index contributed by atoms with van der Waals surface area (Å²) in [6.45, 7) is 2.75. The van der Waals surface area contributed by atoms with Crippen LogP contribution in [0.4, 0.5) is 23.5 Å². The summed E-state index contributed by atoms with van der Waals surface area (Å²) in [5.41, 5.74) is -2.17. The van der Waals surface area contributed by atoms with Crippen LogP contribution in [-0.2, 0) is 0 Å². The molecule has 0 fully saturated rings. The van der Waals surface area contributed by atoms with Crippen LogP contribution in [0.15, 0.2) is 29.1 Å². The van der Waals surface area contributed by atoms with Gasteiger partial charge in [-0.05, 0) is 31.5 Å². The highest BCUT2D eigenvalue weighted by atomic mass is 19.4. The first-order valence-electron chi connectivity index (χ1n) is 8.77. The fourth-order valence-corrected chi connectivity index (χ4v) is 2.81. The van der Waals surface area contributed by atoms with Gasteiger partial charge >= 0.3 is 6.36 Å². The molecule has 0 bridgehead atoms. The molecule has 2 aromatic rings. The van der Waals surface area contributed by atoms with Crippen molar-refractivity contribution < 1.29 is 32.2 Å². The molecule has 30 heavy (non-hydrogen) atoms. The molecule has 1 atom stereocenters. The Morgan fingerprint density at radius 2 is 1.90 bits per heavy atom. The lowest BCUT2D eigenvalue weighted by molar-refractivity contribution is -0.275. The monoisotopic (exact) mass is 431 g/mol. The van der Waals surface area contributed by atoms with Crippen molar-refractivity contribution in [3.8, 4) is 5.75 Å². The van der Waals surface area contributed by atoms with E-state index in [1.807, 2.05) is 0 Å². The molecule has 0 amide bonds. The lowest BCUT2D eigenvalue weighted by atomic mass is 9.80. The highest BCUT2D eigenvalue weighted by Crippen LogP contribution is 2.35. The van der Waals surface area contributed by atoms with Crippen molar-refractivity contribution in [2.75, 3.05) is 19.0 Å². The van der Waals surface area contributed by atoms with E-state index in [0.717, 1.165) is 24.3 Å². The van der Waals surface area contributed by atoms with Crippen molar-refractivity contribution in [2.45, 2.75) is 38.1 Å². The van der Waals surface area contributed by atoms with E-state index in [0.29, 0.717) is 0 Å². The topological polar surface area (TPSA) is 95.5 Å². The van der Waals surface area contributed by atoms with Gasteiger partial charge in [-0.2, -0.15) is 0 Å². The fourth-order valence-electron chi connectivity index (χ4n) is 2.81. The highest BCUT2D eigenvalue weighted by Gasteiger charge is 2.34. The van der Waals surface area contributed by atoms with E-state index in [2.05, 4.69) is 14.7 Å². The van der Waals surface area contributed by atoms with Crippen LogP contribution in [0.25, 0.3) is 0 Å². The minimum absolute atomic E-state index is 0.0838. The smallest absolute Gasteiger partial charge is 0.403 e. The van der Waals surface area contributed by atoms with Gasteiger partial charge in [0.1, 0.15) is 5.69 Å². The zero-order chi connectivity index (χ0) is 22.9. The SMILES string of the molecule is CN(C)c1nc(C(=O)C[C@@H](c2ccc(OC(F)(F)F)c(F)c2)C(C)(C)O)cc(=O)[nH]1. The van der Waals surface area contributed by atoms with Gasteiger partial charge in [-0.3, -0.25) is 14.6 Å². The minimum Gasteiger partial charge on any atom is -0.403 e. The van der Waals surface area contributed by atoms with Gasteiger partial charge in [-0.1, -0.05) is 6.07 Å². The lowest BCUT2D eigenvalue weighted by Gasteiger charge is -2.29. The Morgan fingerprint density at radius 1 is 1.27 bits per heavy atom. The number of nitrogens with zero attached hydrogens (tertiary/aromatic N) is 2. The van der Waals surface area contributed by atoms with Crippen LogP contribution in [-0.4, -0.2) is 46.9 Å². The average molecular weight is 431 g/mol. The first kappa shape index (κ1) is 23.3. The van der Waals surface area contributed by atoms with Gasteiger partial charge in [0.05, 0.1) is 5.60 Å². The number of H-pyrrole nitrogens is 1. The predicted molar refractivity (Wildman–Crippen MR) is 100 cm³/mol. The van der Waals surface area contributed by atoms with Crippen molar-refractivity contribution in [3.05, 3.63) is 51.7 Å². The Bertz CT molecular complexity index is 981. The average Bonchev–Trinajstić information content (AvgIpc) is 2.58. The zero-order valence-corrected chi connectivity index (χ0v) is 16.7. The van der Waals surface area contributed by atoms with Gasteiger partial charge in [-0.15, -0.1) is 13.2 Å². The van der Waals surface area contributed by atoms with Gasteiger partial charge in [-0.25, -0.2) is 9.37 Å². The molecule has 0 radical (unpaired) electrons. The summed E-state index contributed by atoms with van der Waals surface area (Å²) in [4.78, 5) is 32.5. The van der Waals surface area contributed by atoms with Crippen molar-refractivity contribution in [1.29, 1.82) is 0 Å². The molecule has 0 aliphatic heterocycles. The van der Waals surface area contributed by atoms with Gasteiger partial charge in [0.15, 0.2) is 17.3 Å². The summed E-state index contributed by atoms with van der Waals surface area (Å²) in [7, 11) is 3.22. The van der Waals surface area contributed by atoms with Crippen molar-refractivity contribution in [2.24, 2.45) is 0 Å². The summed E-state index contributed by atoms with van der Waals surface area (Å²) in [5, 5.41) is 10.5. The molecule has 11 heteroatoms. The Labute approximate surface area is 169 Å². The van der Waals surface area contributed by atoms with Gasteiger partial charge < -0.3 is 14.7 Å². The van der Waals surface area contributed by atoms with Crippen LogP contribution < -0.4 is 15.2 Å². The van der Waals surface area contributed by atoms with Crippen molar-refractivity contribution in [3.63, 3.8) is 0 Å². The Hall–Kier alpha value is -2.95. The van der Waals surface area contributed by atoms with E-state index in [1.165, 1.54) is 18.7 Å². The van der Waals surface area contributed by atoms with Gasteiger partial charge in [0.2, 0.25) is 5.95 Å². The largest absolute Gasteiger partial charge is 0.573 e. The van der Waals surface area contributed by atoms with E-state index in [9.17, 15) is 32.3 Å². The number of carbonyl (C=O) groups excluding carboxylic acids is 1. The van der Waals surface area contributed by atoms with E-state index in [-0.39, 0.29) is 23.6 Å². The van der Waals surface area contributed by atoms with Crippen LogP contribution in [0.5, 0.6) is 5.75 Å². The maximum atomic E-state index is 14.1. The van der Waals surface area contributed by atoms with Crippen molar-refractivity contribution in [1.82, 2.24) is 9.97 Å². The normalized spacial score (nSPS) is 13.1. The molecule has 1 aromatic carbocycles. The number of rotatable bonds is 7. The Balaban J connectivity index is 2.37. The molecule has 164 valence electrons. The molecule has 0 unspecified atom stereocenters. The number of aromatic amines is 1. The molecule has 0 aliphatic carbocycles. The molecular formula is C19H21F4N3O4. The number of hydrogen-bond donors (Lipinski definition) is 2. The number of ketones is 1. The number of benzene rings is 1. The second kappa shape index (κ2) is 8.42. The number of aliphatic hydroxyl groups is 1. The van der Waals surface area contributed by atoms with Crippen molar-refractivity contribution >= 4 is 11.7 Å². The maximum absolute atomic E-state index is 14.1. The van der Waals surface area contributed by atoms with Crippen LogP contribution >= 0.6 is 0 Å². The predicted octanol–water partition coefficient (Wildman–Crippen LogP) is 3.00. The Kier molecular flexibility index (Phi) is 6.55. The molecule has 1 aromatic heterocycles. The van der Waals surface area contributed by atoms with Crippen LogP contribution in [0.1, 0.15) is 42.2 Å². The van der Waals surface area contributed by atoms with E-state index in [4.69, 9.17) is 0 Å². The second-order valence-corrected chi connectivity index (χ2v) is 7.42. The summed E-state index contributed by atoms with van der Waals surface area (Å²) >= 11 is 0. The van der Waals surface area contributed by atoms with Gasteiger partial charge in [0, 0.05) is 32.5 Å². The van der Waals surface area contributed by atoms with Gasteiger partial charge in [0.25, 0.3) is 5.56 Å². The Morgan fingerprint density at radius 3 is 2.40 bits per heavy atom. The molecule has 2 N–H and O–H groups in total. The molecular weight excluding hydrogens is 410 g/mol. The number of alkyl halides is 3. The third kappa shape index (κ3) is 6.02. The number of halogens is 4. The molecule has 0 saturated heterocycles. The molecule has 0 spiro atoms. The van der Waals surface area contributed by atoms with Crippen LogP contribution in [0.2, 0.25) is 0 Å². The van der Waals surface area contributed by atoms with E-state index in [1.54, 1.807) is 14.1 Å². The number of carbonyl (C=O) groups is 1. The molecule has 0 aliphatic rings. The number of anilines is 1. The number of Topliss-reactive ketones (excluding diaryl/α,β-unsaturated/α-hetero) is 1. The molecule has 7 nitrogen and oxygen atoms in total. The fraction of sp³-hybridized carbons (Fsp3) is 0.421. The zero-order valence-electron chi connectivity index (χ0n) is 16.7. The number of nitrogens with one attached hydrogen (secondary N) is 1. The number of ether oxygens (including phenoxy) is 1. The van der Waals surface area contributed by atoms with E-state index >= 15 is 0 Å². The second-order valence-electron chi connectivity index (χ2n) is 7.42. The number of hydrogen-bond acceptors (Lipinski definition) is 6. The molecule has 2 rings (SSSR count). The molecule has 1 heterocycles. The van der Waals surface area contributed by atoms with Crippen LogP contribution in [0, 0.1) is 5.82 Å². The third-order valence-electron chi connectivity index (χ3n) is 4.26. The summed E-state index contributed by atoms with van der Waals surface area (Å²) in [5.74, 6) is -3.78. The minimum atomic E-state index is -5.07. The third-order valence-corrected chi connectivity index (χ3v) is 4.26. The summed E-state index contributed by atoms with van der Waals surface area (Å²) < 4.78 is 54.7.